The summed E-state index contributed by atoms with van der Waals surface area (Å²) in [4.78, 5) is 24.0. The van der Waals surface area contributed by atoms with Gasteiger partial charge in [0, 0.05) is 48.3 Å². The van der Waals surface area contributed by atoms with Crippen molar-refractivity contribution in [1.29, 1.82) is 0 Å². The molecule has 3 aliphatic rings. The number of aliphatic hydroxyl groups excluding tert-OH is 3. The molecule has 13 heteroatoms. The number of thioether (sulfide) groups is 1. The van der Waals surface area contributed by atoms with E-state index in [2.05, 4.69) is 37.8 Å². The monoisotopic (exact) mass is 1010 g/mol. The van der Waals surface area contributed by atoms with Crippen molar-refractivity contribution >= 4 is 23.6 Å². The molecule has 1 fully saturated rings. The van der Waals surface area contributed by atoms with Crippen LogP contribution in [-0.4, -0.2) is 109 Å². The fourth-order valence-corrected chi connectivity index (χ4v) is 11.6. The molecule has 1 saturated carbocycles. The normalized spacial score (nSPS) is 21.5. The molecule has 6 rings (SSSR count). The SMILES string of the molecule is C=CCOC12Oc3ccc(OCCSc4ccccc4)cc3C3C(CCCCO)C(CCCCO)C=C(C(=NOCc4ccccc4)CC1N(CCOCCO)C(=O)OCCCCCCCCCCCC)C32. The van der Waals surface area contributed by atoms with E-state index in [0.717, 1.165) is 73.1 Å². The first kappa shape index (κ1) is 56.9. The fourth-order valence-electron chi connectivity index (χ4n) is 10.9. The summed E-state index contributed by atoms with van der Waals surface area (Å²) in [6.45, 7) is 7.94. The van der Waals surface area contributed by atoms with Gasteiger partial charge < -0.3 is 43.8 Å². The lowest BCUT2D eigenvalue weighted by Crippen LogP contribution is -2.70. The molecule has 6 unspecified atom stereocenters. The average molecular weight is 1010 g/mol. The molecule has 396 valence electrons. The summed E-state index contributed by atoms with van der Waals surface area (Å²) in [6.07, 6.45) is 20.1. The van der Waals surface area contributed by atoms with E-state index in [4.69, 9.17) is 33.7 Å². The highest BCUT2D eigenvalue weighted by Crippen LogP contribution is 2.62. The van der Waals surface area contributed by atoms with Crippen molar-refractivity contribution in [2.75, 3.05) is 65.2 Å². The van der Waals surface area contributed by atoms with Gasteiger partial charge in [0.1, 0.15) is 24.1 Å². The third kappa shape index (κ3) is 16.6. The molecule has 0 saturated heterocycles. The number of allylic oxidation sites excluding steroid dienone is 1. The first-order chi connectivity index (χ1) is 35.5. The van der Waals surface area contributed by atoms with Crippen LogP contribution in [0.25, 0.3) is 0 Å². The first-order valence-electron chi connectivity index (χ1n) is 27.1. The van der Waals surface area contributed by atoms with Crippen LogP contribution >= 0.6 is 11.8 Å². The molecule has 2 aliphatic carbocycles. The lowest BCUT2D eigenvalue weighted by molar-refractivity contribution is -0.256. The molecule has 3 aromatic carbocycles. The minimum atomic E-state index is -1.46. The standard InChI is InChI=1S/C59H84N2O10S/c1-3-5-6-7-8-9-10-11-12-23-37-68-58(65)61(32-38-66-39-35-64)55-44-53(60-70-45-46-24-15-13-16-25-46)51-42-47(26-19-21-33-62)50(29-20-22-34-63)56-52-43-48(67-40-41-72-49-27-17-14-18-28-49)30-31-54(52)71-59(55,57(51)56)69-36-4-2/h4,13-18,24-25,27-28,30-31,42-43,47,50,55-57,62-64H,2-3,5-12,19-23,26,29,32-41,44-45H2,1H3. The second-order valence-corrected chi connectivity index (χ2v) is 20.5. The van der Waals surface area contributed by atoms with Crippen LogP contribution in [0.3, 0.4) is 0 Å². The number of ether oxygens (including phenoxy) is 5. The first-order valence-corrected chi connectivity index (χ1v) is 28.1. The van der Waals surface area contributed by atoms with Crippen molar-refractivity contribution in [1.82, 2.24) is 4.90 Å². The van der Waals surface area contributed by atoms with Crippen LogP contribution in [0, 0.1) is 17.8 Å². The topological polar surface area (TPSA) is 149 Å². The number of benzene rings is 3. The molecular weight excluding hydrogens is 929 g/mol. The summed E-state index contributed by atoms with van der Waals surface area (Å²) in [6, 6.07) is 25.5. The van der Waals surface area contributed by atoms with E-state index in [1.54, 1.807) is 22.7 Å². The molecular formula is C59H84N2O10S. The van der Waals surface area contributed by atoms with E-state index in [9.17, 15) is 20.1 Å². The molecule has 3 aromatic rings. The summed E-state index contributed by atoms with van der Waals surface area (Å²) >= 11 is 1.75. The van der Waals surface area contributed by atoms with Gasteiger partial charge in [-0.3, -0.25) is 4.90 Å². The lowest BCUT2D eigenvalue weighted by atomic mass is 9.55. The Labute approximate surface area is 434 Å². The minimum absolute atomic E-state index is 0.0529. The van der Waals surface area contributed by atoms with Gasteiger partial charge >= 0.3 is 6.09 Å². The van der Waals surface area contributed by atoms with Crippen molar-refractivity contribution in [3.8, 4) is 11.5 Å². The lowest BCUT2D eigenvalue weighted by Gasteiger charge is -2.59. The molecule has 1 amide bonds. The van der Waals surface area contributed by atoms with Crippen molar-refractivity contribution in [2.24, 2.45) is 22.9 Å². The summed E-state index contributed by atoms with van der Waals surface area (Å²) in [7, 11) is 0. The van der Waals surface area contributed by atoms with Crippen molar-refractivity contribution in [3.05, 3.63) is 114 Å². The number of oxime groups is 1. The van der Waals surface area contributed by atoms with Crippen molar-refractivity contribution in [3.63, 3.8) is 0 Å². The predicted octanol–water partition coefficient (Wildman–Crippen LogP) is 12.1. The Morgan fingerprint density at radius 1 is 0.819 bits per heavy atom. The zero-order valence-corrected chi connectivity index (χ0v) is 43.9. The maximum atomic E-state index is 14.9. The smallest absolute Gasteiger partial charge is 0.410 e. The number of hydrogen-bond acceptors (Lipinski definition) is 12. The van der Waals surface area contributed by atoms with Gasteiger partial charge in [-0.05, 0) is 85.4 Å². The van der Waals surface area contributed by atoms with Crippen molar-refractivity contribution in [2.45, 2.75) is 145 Å². The molecule has 0 spiro atoms. The van der Waals surface area contributed by atoms with Crippen LogP contribution < -0.4 is 9.47 Å². The summed E-state index contributed by atoms with van der Waals surface area (Å²) in [5, 5.41) is 34.8. The number of rotatable bonds is 36. The van der Waals surface area contributed by atoms with Gasteiger partial charge in [-0.15, -0.1) is 18.3 Å². The number of aliphatic hydroxyl groups is 3. The molecule has 3 N–H and O–H groups in total. The van der Waals surface area contributed by atoms with E-state index in [-0.39, 0.29) is 83.6 Å². The summed E-state index contributed by atoms with van der Waals surface area (Å²) in [5.41, 5.74) is 3.62. The van der Waals surface area contributed by atoms with Crippen LogP contribution in [0.1, 0.15) is 133 Å². The second-order valence-electron chi connectivity index (χ2n) is 19.4. The van der Waals surface area contributed by atoms with Crippen LogP contribution in [-0.2, 0) is 25.7 Å². The highest BCUT2D eigenvalue weighted by Gasteiger charge is 2.65. The van der Waals surface area contributed by atoms with E-state index in [0.29, 0.717) is 30.9 Å². The van der Waals surface area contributed by atoms with Crippen LogP contribution in [0.5, 0.6) is 11.5 Å². The third-order valence-electron chi connectivity index (χ3n) is 14.3. The van der Waals surface area contributed by atoms with Gasteiger partial charge in [-0.2, -0.15) is 0 Å². The number of amides is 1. The molecule has 72 heavy (non-hydrogen) atoms. The quantitative estimate of drug-likeness (QED) is 0.0221. The zero-order valence-electron chi connectivity index (χ0n) is 43.1. The molecule has 0 aromatic heterocycles. The Balaban J connectivity index is 1.41. The molecule has 1 aliphatic heterocycles. The highest BCUT2D eigenvalue weighted by molar-refractivity contribution is 7.99. The molecule has 1 heterocycles. The van der Waals surface area contributed by atoms with Crippen LogP contribution in [0.15, 0.2) is 113 Å². The van der Waals surface area contributed by atoms with Gasteiger partial charge in [0.25, 0.3) is 0 Å². The fraction of sp³-hybridized carbons (Fsp3) is 0.593. The maximum absolute atomic E-state index is 14.9. The van der Waals surface area contributed by atoms with E-state index >= 15 is 0 Å². The maximum Gasteiger partial charge on any atom is 0.410 e. The molecule has 0 bridgehead atoms. The number of unbranched alkanes of at least 4 members (excludes halogenated alkanes) is 11. The van der Waals surface area contributed by atoms with E-state index < -0.39 is 23.8 Å². The van der Waals surface area contributed by atoms with Gasteiger partial charge in [0.05, 0.1) is 51.3 Å². The molecule has 12 nitrogen and oxygen atoms in total. The number of carbonyl (C=O) groups is 1. The number of fused-ring (bicyclic) bond motifs is 2. The van der Waals surface area contributed by atoms with Crippen LogP contribution in [0.2, 0.25) is 0 Å². The number of carbonyl (C=O) groups excluding carboxylic acids is 1. The summed E-state index contributed by atoms with van der Waals surface area (Å²) < 4.78 is 33.2. The molecule has 6 atom stereocenters. The Hall–Kier alpha value is -4.37. The van der Waals surface area contributed by atoms with E-state index in [1.807, 2.05) is 60.7 Å². The highest BCUT2D eigenvalue weighted by atomic mass is 32.2. The Morgan fingerprint density at radius 2 is 1.53 bits per heavy atom. The van der Waals surface area contributed by atoms with Gasteiger partial charge in [-0.25, -0.2) is 4.79 Å². The third-order valence-corrected chi connectivity index (χ3v) is 15.3. The number of hydrogen-bond donors (Lipinski definition) is 3. The number of nitrogens with zero attached hydrogens (tertiary/aromatic N) is 2. The zero-order chi connectivity index (χ0) is 50.6. The largest absolute Gasteiger partial charge is 0.493 e. The Morgan fingerprint density at radius 3 is 2.24 bits per heavy atom. The minimum Gasteiger partial charge on any atom is -0.493 e. The predicted molar refractivity (Wildman–Crippen MR) is 287 cm³/mol. The van der Waals surface area contributed by atoms with Gasteiger partial charge in [0.2, 0.25) is 5.79 Å². The Kier molecular flexibility index (Phi) is 25.3. The Bertz CT molecular complexity index is 2070. The average Bonchev–Trinajstić information content (AvgIpc) is 3.40. The second kappa shape index (κ2) is 32.0. The summed E-state index contributed by atoms with van der Waals surface area (Å²) in [5.74, 6) is 0.120. The van der Waals surface area contributed by atoms with Crippen LogP contribution in [0.4, 0.5) is 4.79 Å². The van der Waals surface area contributed by atoms with Gasteiger partial charge in [-0.1, -0.05) is 143 Å². The molecule has 0 radical (unpaired) electrons. The van der Waals surface area contributed by atoms with E-state index in [1.165, 1.54) is 49.8 Å². The van der Waals surface area contributed by atoms with Crippen molar-refractivity contribution < 1.29 is 48.6 Å². The van der Waals surface area contributed by atoms with Gasteiger partial charge in [0.15, 0.2) is 0 Å².